The summed E-state index contributed by atoms with van der Waals surface area (Å²) >= 11 is 11.5. The van der Waals surface area contributed by atoms with Gasteiger partial charge in [0.15, 0.2) is 0 Å². The molecule has 0 aliphatic heterocycles. The van der Waals surface area contributed by atoms with Crippen molar-refractivity contribution in [1.29, 1.82) is 0 Å². The van der Waals surface area contributed by atoms with Crippen LogP contribution in [0, 0.1) is 0 Å². The SMILES string of the molecule is C=C[C@@H](OC)C(Cl)/C=C(\C)Cl. The van der Waals surface area contributed by atoms with Gasteiger partial charge in [-0.15, -0.1) is 18.2 Å². The van der Waals surface area contributed by atoms with Gasteiger partial charge in [0.05, 0.1) is 11.5 Å². The highest BCUT2D eigenvalue weighted by Gasteiger charge is 2.11. The van der Waals surface area contributed by atoms with E-state index in [2.05, 4.69) is 6.58 Å². The molecular weight excluding hydrogens is 183 g/mol. The average Bonchev–Trinajstić information content (AvgIpc) is 1.88. The number of rotatable bonds is 4. The van der Waals surface area contributed by atoms with Crippen LogP contribution < -0.4 is 0 Å². The number of alkyl halides is 1. The van der Waals surface area contributed by atoms with E-state index in [1.54, 1.807) is 26.2 Å². The second-order valence-corrected chi connectivity index (χ2v) is 3.23. The fourth-order valence-electron chi connectivity index (χ4n) is 0.670. The monoisotopic (exact) mass is 194 g/mol. The predicted molar refractivity (Wildman–Crippen MR) is 50.2 cm³/mol. The molecule has 11 heavy (non-hydrogen) atoms. The van der Waals surface area contributed by atoms with E-state index < -0.39 is 0 Å². The maximum atomic E-state index is 5.89. The highest BCUT2D eigenvalue weighted by Crippen LogP contribution is 2.12. The molecule has 0 aromatic heterocycles. The Balaban J connectivity index is 4.09. The second-order valence-electron chi connectivity index (χ2n) is 2.13. The molecule has 0 N–H and O–H groups in total. The van der Waals surface area contributed by atoms with Gasteiger partial charge in [0.25, 0.3) is 0 Å². The first kappa shape index (κ1) is 11.0. The van der Waals surface area contributed by atoms with Gasteiger partial charge in [0.2, 0.25) is 0 Å². The summed E-state index contributed by atoms with van der Waals surface area (Å²) in [6.45, 7) is 5.35. The molecule has 0 aliphatic carbocycles. The highest BCUT2D eigenvalue weighted by atomic mass is 35.5. The van der Waals surface area contributed by atoms with Gasteiger partial charge in [-0.2, -0.15) is 0 Å². The van der Waals surface area contributed by atoms with Crippen LogP contribution in [-0.4, -0.2) is 18.6 Å². The zero-order valence-corrected chi connectivity index (χ0v) is 8.19. The zero-order valence-electron chi connectivity index (χ0n) is 6.68. The van der Waals surface area contributed by atoms with Crippen LogP contribution in [-0.2, 0) is 4.74 Å². The number of halogens is 2. The van der Waals surface area contributed by atoms with E-state index in [0.717, 1.165) is 0 Å². The zero-order chi connectivity index (χ0) is 8.85. The van der Waals surface area contributed by atoms with Crippen LogP contribution in [0.3, 0.4) is 0 Å². The van der Waals surface area contributed by atoms with E-state index in [4.69, 9.17) is 27.9 Å². The second kappa shape index (κ2) is 5.64. The Morgan fingerprint density at radius 2 is 2.18 bits per heavy atom. The molecule has 0 saturated carbocycles. The molecule has 64 valence electrons. The van der Waals surface area contributed by atoms with Gasteiger partial charge in [-0.3, -0.25) is 0 Å². The number of hydrogen-bond acceptors (Lipinski definition) is 1. The van der Waals surface area contributed by atoms with Gasteiger partial charge in [-0.05, 0) is 13.0 Å². The summed E-state index contributed by atoms with van der Waals surface area (Å²) in [5, 5.41) is 0.420. The van der Waals surface area contributed by atoms with Gasteiger partial charge in [0, 0.05) is 12.1 Å². The number of ether oxygens (including phenoxy) is 1. The molecule has 0 bridgehead atoms. The predicted octanol–water partition coefficient (Wildman–Crippen LogP) is 2.94. The third-order valence-electron chi connectivity index (χ3n) is 1.21. The topological polar surface area (TPSA) is 9.23 Å². The third kappa shape index (κ3) is 4.46. The van der Waals surface area contributed by atoms with Gasteiger partial charge in [-0.25, -0.2) is 0 Å². The quantitative estimate of drug-likeness (QED) is 0.495. The lowest BCUT2D eigenvalue weighted by Gasteiger charge is -2.13. The Labute approximate surface area is 77.6 Å². The molecule has 1 nitrogen and oxygen atoms in total. The van der Waals surface area contributed by atoms with Crippen LogP contribution in [0.1, 0.15) is 6.92 Å². The van der Waals surface area contributed by atoms with Gasteiger partial charge in [-0.1, -0.05) is 17.7 Å². The normalized spacial score (nSPS) is 17.6. The molecule has 0 amide bonds. The van der Waals surface area contributed by atoms with Crippen LogP contribution in [0.15, 0.2) is 23.8 Å². The van der Waals surface area contributed by atoms with E-state index in [0.29, 0.717) is 5.03 Å². The summed E-state index contributed by atoms with van der Waals surface area (Å²) in [7, 11) is 1.58. The van der Waals surface area contributed by atoms with Gasteiger partial charge in [0.1, 0.15) is 0 Å². The van der Waals surface area contributed by atoms with Crippen LogP contribution in [0.4, 0.5) is 0 Å². The molecule has 0 radical (unpaired) electrons. The minimum Gasteiger partial charge on any atom is -0.376 e. The summed E-state index contributed by atoms with van der Waals surface area (Å²) in [6.07, 6.45) is 3.19. The van der Waals surface area contributed by atoms with E-state index in [-0.39, 0.29) is 11.5 Å². The fourth-order valence-corrected chi connectivity index (χ4v) is 1.27. The lowest BCUT2D eigenvalue weighted by Crippen LogP contribution is -2.18. The Hall–Kier alpha value is 0.0200. The molecule has 0 aliphatic rings. The number of methoxy groups -OCH3 is 1. The molecular formula is C8H12Cl2O. The van der Waals surface area contributed by atoms with Crippen molar-refractivity contribution < 1.29 is 4.74 Å². The molecule has 0 fully saturated rings. The Morgan fingerprint density at radius 3 is 2.45 bits per heavy atom. The van der Waals surface area contributed by atoms with Crippen molar-refractivity contribution in [2.24, 2.45) is 0 Å². The fraction of sp³-hybridized carbons (Fsp3) is 0.500. The van der Waals surface area contributed by atoms with E-state index in [1.807, 2.05) is 0 Å². The molecule has 0 heterocycles. The Bertz CT molecular complexity index is 150. The van der Waals surface area contributed by atoms with Crippen molar-refractivity contribution in [2.75, 3.05) is 7.11 Å². The van der Waals surface area contributed by atoms with Crippen molar-refractivity contribution in [1.82, 2.24) is 0 Å². The van der Waals surface area contributed by atoms with Crippen LogP contribution in [0.5, 0.6) is 0 Å². The summed E-state index contributed by atoms with van der Waals surface area (Å²) < 4.78 is 5.01. The number of hydrogen-bond donors (Lipinski definition) is 0. The van der Waals surface area contributed by atoms with Crippen LogP contribution in [0.25, 0.3) is 0 Å². The van der Waals surface area contributed by atoms with Crippen molar-refractivity contribution in [3.05, 3.63) is 23.8 Å². The van der Waals surface area contributed by atoms with E-state index in [1.165, 1.54) is 0 Å². The summed E-state index contributed by atoms with van der Waals surface area (Å²) in [5.41, 5.74) is 0. The van der Waals surface area contributed by atoms with E-state index >= 15 is 0 Å². The van der Waals surface area contributed by atoms with Crippen molar-refractivity contribution >= 4 is 23.2 Å². The standard InChI is InChI=1S/C8H12Cl2O/c1-4-8(11-3)7(10)5-6(2)9/h4-5,7-8H,1H2,2-3H3/b6-5+/t7?,8-/m1/s1. The molecule has 0 spiro atoms. The minimum atomic E-state index is -0.241. The van der Waals surface area contributed by atoms with Gasteiger partial charge >= 0.3 is 0 Å². The van der Waals surface area contributed by atoms with Crippen molar-refractivity contribution in [2.45, 2.75) is 18.4 Å². The Kier molecular flexibility index (Phi) is 5.65. The lowest BCUT2D eigenvalue weighted by atomic mass is 10.2. The molecule has 0 aromatic carbocycles. The molecule has 3 heteroatoms. The van der Waals surface area contributed by atoms with E-state index in [9.17, 15) is 0 Å². The first-order chi connectivity index (χ1) is 5.11. The first-order valence-electron chi connectivity index (χ1n) is 3.25. The molecule has 0 rings (SSSR count). The van der Waals surface area contributed by atoms with Crippen molar-refractivity contribution in [3.63, 3.8) is 0 Å². The molecule has 2 atom stereocenters. The molecule has 0 aromatic rings. The largest absolute Gasteiger partial charge is 0.376 e. The summed E-state index contributed by atoms with van der Waals surface area (Å²) in [6, 6.07) is 0. The summed E-state index contributed by atoms with van der Waals surface area (Å²) in [4.78, 5) is 0. The Morgan fingerprint density at radius 1 is 1.64 bits per heavy atom. The number of allylic oxidation sites excluding steroid dienone is 1. The maximum Gasteiger partial charge on any atom is 0.0948 e. The van der Waals surface area contributed by atoms with Crippen LogP contribution >= 0.6 is 23.2 Å². The lowest BCUT2D eigenvalue weighted by molar-refractivity contribution is 0.146. The minimum absolute atomic E-state index is 0.176. The average molecular weight is 195 g/mol. The first-order valence-corrected chi connectivity index (χ1v) is 4.06. The van der Waals surface area contributed by atoms with Crippen molar-refractivity contribution in [3.8, 4) is 0 Å². The van der Waals surface area contributed by atoms with Crippen LogP contribution in [0.2, 0.25) is 0 Å². The molecule has 1 unspecified atom stereocenters. The smallest absolute Gasteiger partial charge is 0.0948 e. The summed E-state index contributed by atoms with van der Waals surface area (Å²) in [5.74, 6) is 0. The third-order valence-corrected chi connectivity index (χ3v) is 1.71. The van der Waals surface area contributed by atoms with Gasteiger partial charge < -0.3 is 4.74 Å². The molecule has 0 saturated heterocycles. The highest BCUT2D eigenvalue weighted by molar-refractivity contribution is 6.30. The maximum absolute atomic E-state index is 5.89.